The number of benzene rings is 1. The van der Waals surface area contributed by atoms with Crippen LogP contribution in [-0.2, 0) is 22.9 Å². The molecule has 2 aromatic rings. The van der Waals surface area contributed by atoms with Crippen LogP contribution in [0.15, 0.2) is 24.3 Å². The lowest BCUT2D eigenvalue weighted by atomic mass is 9.69. The average molecular weight is 592 g/mol. The summed E-state index contributed by atoms with van der Waals surface area (Å²) in [4.78, 5) is 5.24. The molecular formula is C34H48F3NO2S. The number of rotatable bonds is 5. The van der Waals surface area contributed by atoms with Crippen LogP contribution < -0.4 is 0 Å². The van der Waals surface area contributed by atoms with E-state index in [-0.39, 0.29) is 17.3 Å². The second-order valence-electron chi connectivity index (χ2n) is 13.5. The van der Waals surface area contributed by atoms with Gasteiger partial charge < -0.3 is 9.84 Å². The third-order valence-electron chi connectivity index (χ3n) is 9.30. The lowest BCUT2D eigenvalue weighted by Crippen LogP contribution is -2.34. The van der Waals surface area contributed by atoms with E-state index in [1.54, 1.807) is 12.1 Å². The molecule has 1 aliphatic heterocycles. The van der Waals surface area contributed by atoms with Crippen LogP contribution >= 0.6 is 11.8 Å². The van der Waals surface area contributed by atoms with E-state index < -0.39 is 29.5 Å². The minimum atomic E-state index is -4.38. The van der Waals surface area contributed by atoms with Crippen molar-refractivity contribution in [1.82, 2.24) is 4.98 Å². The van der Waals surface area contributed by atoms with Crippen molar-refractivity contribution in [2.24, 2.45) is 11.3 Å². The lowest BCUT2D eigenvalue weighted by Gasteiger charge is -2.39. The molecule has 1 spiro atoms. The zero-order valence-electron chi connectivity index (χ0n) is 26.0. The highest BCUT2D eigenvalue weighted by molar-refractivity contribution is 7.99. The van der Waals surface area contributed by atoms with E-state index in [2.05, 4.69) is 54.7 Å². The Bertz CT molecular complexity index is 1210. The van der Waals surface area contributed by atoms with Crippen LogP contribution in [0.2, 0.25) is 0 Å². The first kappa shape index (κ1) is 32.3. The van der Waals surface area contributed by atoms with Gasteiger partial charge in [-0.05, 0) is 90.5 Å². The van der Waals surface area contributed by atoms with Crippen molar-refractivity contribution < 1.29 is 23.0 Å². The molecule has 3 aliphatic rings. The van der Waals surface area contributed by atoms with Crippen LogP contribution in [0.3, 0.4) is 0 Å². The summed E-state index contributed by atoms with van der Waals surface area (Å²) >= 11 is 1.88. The molecule has 228 valence electrons. The van der Waals surface area contributed by atoms with Gasteiger partial charge in [-0.3, -0.25) is 4.98 Å². The first-order chi connectivity index (χ1) is 19.1. The number of hydrogen-bond donors (Lipinski definition) is 1. The highest BCUT2D eigenvalue weighted by Crippen LogP contribution is 2.61. The molecule has 2 aliphatic carbocycles. The van der Waals surface area contributed by atoms with E-state index >= 15 is 0 Å². The van der Waals surface area contributed by atoms with Gasteiger partial charge in [0.25, 0.3) is 0 Å². The third-order valence-corrected chi connectivity index (χ3v) is 10.2. The molecule has 0 bridgehead atoms. The molecular weight excluding hydrogens is 543 g/mol. The van der Waals surface area contributed by atoms with Crippen LogP contribution in [0.1, 0.15) is 144 Å². The van der Waals surface area contributed by atoms with E-state index in [9.17, 15) is 18.3 Å². The molecule has 1 N–H and O–H groups in total. The molecule has 5 rings (SSSR count). The summed E-state index contributed by atoms with van der Waals surface area (Å²) in [6.07, 6.45) is 2.96. The van der Waals surface area contributed by atoms with E-state index in [0.29, 0.717) is 6.42 Å². The highest BCUT2D eigenvalue weighted by Gasteiger charge is 2.55. The minimum Gasteiger partial charge on any atom is -0.388 e. The van der Waals surface area contributed by atoms with Crippen LogP contribution in [-0.4, -0.2) is 21.6 Å². The highest BCUT2D eigenvalue weighted by atomic mass is 32.2. The molecule has 5 unspecified atom stereocenters. The molecule has 1 saturated carbocycles. The first-order valence-electron chi connectivity index (χ1n) is 15.3. The maximum Gasteiger partial charge on any atom is 0.416 e. The largest absolute Gasteiger partial charge is 0.416 e. The van der Waals surface area contributed by atoms with Crippen LogP contribution in [0, 0.1) is 11.3 Å². The summed E-state index contributed by atoms with van der Waals surface area (Å²) in [5.41, 5.74) is 4.47. The summed E-state index contributed by atoms with van der Waals surface area (Å²) in [7, 11) is 0. The van der Waals surface area contributed by atoms with Gasteiger partial charge in [-0.2, -0.15) is 24.9 Å². The molecule has 0 amide bonds. The standard InChI is InChI=1S/C30H38F3NO2.C4H10S/c1-6-8-17(2)26-24-25(23-21(34-26)15-28(4,5)16-22(23)35)29(14-7-9-18(29)3)36-27(24)19-10-12-20(13-11-19)30(31,32)33;1-4(2)5-3/h10-13,17-18,22,27,35H,6-9,14-16H2,1-5H3;4H,1-3H3. The molecule has 3 nitrogen and oxygen atoms in total. The second-order valence-corrected chi connectivity index (χ2v) is 14.9. The van der Waals surface area contributed by atoms with E-state index in [1.807, 2.05) is 11.8 Å². The van der Waals surface area contributed by atoms with Crippen molar-refractivity contribution in [3.05, 3.63) is 63.5 Å². The van der Waals surface area contributed by atoms with Crippen LogP contribution in [0.4, 0.5) is 13.2 Å². The van der Waals surface area contributed by atoms with Crippen LogP contribution in [0.5, 0.6) is 0 Å². The van der Waals surface area contributed by atoms with Crippen molar-refractivity contribution in [1.29, 1.82) is 0 Å². The fourth-order valence-electron chi connectivity index (χ4n) is 7.10. The third kappa shape index (κ3) is 6.38. The number of aromatic nitrogens is 1. The quantitative estimate of drug-likeness (QED) is 0.376. The fourth-order valence-corrected chi connectivity index (χ4v) is 7.10. The van der Waals surface area contributed by atoms with Gasteiger partial charge >= 0.3 is 6.18 Å². The van der Waals surface area contributed by atoms with Gasteiger partial charge in [0.2, 0.25) is 0 Å². The Morgan fingerprint density at radius 3 is 2.27 bits per heavy atom. The monoisotopic (exact) mass is 591 g/mol. The Balaban J connectivity index is 0.000000714. The average Bonchev–Trinajstić information content (AvgIpc) is 3.43. The predicted octanol–water partition coefficient (Wildman–Crippen LogP) is 9.90. The summed E-state index contributed by atoms with van der Waals surface area (Å²) in [6, 6.07) is 5.42. The summed E-state index contributed by atoms with van der Waals surface area (Å²) in [5, 5.41) is 12.3. The van der Waals surface area contributed by atoms with Crippen molar-refractivity contribution in [2.45, 2.75) is 129 Å². The van der Waals surface area contributed by atoms with Gasteiger partial charge in [0.05, 0.1) is 23.0 Å². The molecule has 0 saturated heterocycles. The van der Waals surface area contributed by atoms with E-state index in [4.69, 9.17) is 9.72 Å². The van der Waals surface area contributed by atoms with Crippen molar-refractivity contribution in [3.63, 3.8) is 0 Å². The topological polar surface area (TPSA) is 42.4 Å². The number of alkyl halides is 3. The maximum absolute atomic E-state index is 13.3. The van der Waals surface area contributed by atoms with Gasteiger partial charge in [-0.15, -0.1) is 0 Å². The molecule has 7 heteroatoms. The zero-order valence-corrected chi connectivity index (χ0v) is 26.8. The van der Waals surface area contributed by atoms with Crippen LogP contribution in [0.25, 0.3) is 0 Å². The van der Waals surface area contributed by atoms with Gasteiger partial charge in [0, 0.05) is 16.8 Å². The van der Waals surface area contributed by atoms with Gasteiger partial charge in [-0.1, -0.05) is 67.0 Å². The van der Waals surface area contributed by atoms with Crippen molar-refractivity contribution in [3.8, 4) is 0 Å². The Hall–Kier alpha value is -1.57. The molecule has 2 heterocycles. The first-order valence-corrected chi connectivity index (χ1v) is 16.6. The predicted molar refractivity (Wildman–Crippen MR) is 162 cm³/mol. The lowest BCUT2D eigenvalue weighted by molar-refractivity contribution is -0.137. The van der Waals surface area contributed by atoms with E-state index in [0.717, 1.165) is 89.5 Å². The Morgan fingerprint density at radius 1 is 1.12 bits per heavy atom. The number of nitrogens with zero attached hydrogens (tertiary/aromatic N) is 1. The summed E-state index contributed by atoms with van der Waals surface area (Å²) in [5.74, 6) is 0.433. The number of ether oxygens (including phenoxy) is 1. The molecule has 1 aromatic carbocycles. The number of halogens is 3. The number of aliphatic hydroxyl groups is 1. The van der Waals surface area contributed by atoms with Gasteiger partial charge in [-0.25, -0.2) is 0 Å². The maximum atomic E-state index is 13.3. The zero-order chi connectivity index (χ0) is 30.3. The van der Waals surface area contributed by atoms with Gasteiger partial charge in [0.15, 0.2) is 0 Å². The van der Waals surface area contributed by atoms with Gasteiger partial charge in [0.1, 0.15) is 6.10 Å². The van der Waals surface area contributed by atoms with Crippen molar-refractivity contribution >= 4 is 11.8 Å². The Kier molecular flexibility index (Phi) is 9.63. The molecule has 5 atom stereocenters. The smallest absolute Gasteiger partial charge is 0.388 e. The Labute approximate surface area is 249 Å². The second kappa shape index (κ2) is 12.2. The summed E-state index contributed by atoms with van der Waals surface area (Å²) < 4.78 is 46.9. The summed E-state index contributed by atoms with van der Waals surface area (Å²) in [6.45, 7) is 15.3. The minimum absolute atomic E-state index is 0.0559. The SMILES string of the molecule is CCCC(C)c1nc2c(c3c1C(c1ccc(C(F)(F)F)cc1)OC31CCCC1C)C(O)CC(C)(C)C2.CSC(C)C. The molecule has 1 fully saturated rings. The number of aliphatic hydroxyl groups excluding tert-OH is 1. The van der Waals surface area contributed by atoms with Crippen molar-refractivity contribution in [2.75, 3.05) is 6.26 Å². The number of hydrogen-bond acceptors (Lipinski definition) is 4. The normalized spacial score (nSPS) is 27.4. The molecule has 41 heavy (non-hydrogen) atoms. The number of thioether (sulfide) groups is 1. The fraction of sp³-hybridized carbons (Fsp3) is 0.676. The van der Waals surface area contributed by atoms with E-state index in [1.165, 1.54) is 0 Å². The molecule has 0 radical (unpaired) electrons. The Morgan fingerprint density at radius 2 is 1.76 bits per heavy atom. The number of pyridine rings is 1. The molecule has 1 aromatic heterocycles. The number of fused-ring (bicyclic) bond motifs is 4.